The molecule has 0 aromatic heterocycles. The van der Waals surface area contributed by atoms with Crippen LogP contribution in [0, 0.1) is 5.92 Å². The molecule has 0 heterocycles. The zero-order valence-corrected chi connectivity index (χ0v) is 12.2. The van der Waals surface area contributed by atoms with Crippen LogP contribution in [0.25, 0.3) is 0 Å². The van der Waals surface area contributed by atoms with E-state index in [-0.39, 0.29) is 23.4 Å². The molecular weight excluding hydrogens is 272 g/mol. The molecule has 3 N–H and O–H groups in total. The smallest absolute Gasteiger partial charge is 0.339 e. The van der Waals surface area contributed by atoms with E-state index >= 15 is 0 Å². The van der Waals surface area contributed by atoms with Crippen molar-refractivity contribution in [3.8, 4) is 5.75 Å². The summed E-state index contributed by atoms with van der Waals surface area (Å²) in [7, 11) is 1.39. The van der Waals surface area contributed by atoms with Gasteiger partial charge >= 0.3 is 12.0 Å². The number of ether oxygens (including phenoxy) is 1. The van der Waals surface area contributed by atoms with Crippen molar-refractivity contribution in [1.82, 2.24) is 5.32 Å². The standard InChI is InChI=1S/C15H20N2O4/c1-9(7-10-3-4-10)16-15(20)17-11-5-6-12(14(18)19)13(8-11)21-2/h5-6,8-10H,3-4,7H2,1-2H3,(H,18,19)(H2,16,17,20). The average molecular weight is 292 g/mol. The van der Waals surface area contributed by atoms with Crippen molar-refractivity contribution < 1.29 is 19.4 Å². The molecule has 0 bridgehead atoms. The van der Waals surface area contributed by atoms with Gasteiger partial charge in [-0.15, -0.1) is 0 Å². The van der Waals surface area contributed by atoms with Gasteiger partial charge in [0.15, 0.2) is 0 Å². The number of aromatic carboxylic acids is 1. The summed E-state index contributed by atoms with van der Waals surface area (Å²) < 4.78 is 5.02. The number of urea groups is 1. The topological polar surface area (TPSA) is 87.7 Å². The summed E-state index contributed by atoms with van der Waals surface area (Å²) in [6.07, 6.45) is 3.50. The van der Waals surface area contributed by atoms with Crippen molar-refractivity contribution in [3.63, 3.8) is 0 Å². The highest BCUT2D eigenvalue weighted by Crippen LogP contribution is 2.33. The van der Waals surface area contributed by atoms with Crippen molar-refractivity contribution in [2.45, 2.75) is 32.2 Å². The number of rotatable bonds is 6. The van der Waals surface area contributed by atoms with E-state index in [2.05, 4.69) is 10.6 Å². The van der Waals surface area contributed by atoms with Gasteiger partial charge in [0, 0.05) is 17.8 Å². The Labute approximate surface area is 123 Å². The van der Waals surface area contributed by atoms with Crippen molar-refractivity contribution in [2.24, 2.45) is 5.92 Å². The van der Waals surface area contributed by atoms with Gasteiger partial charge in [-0.25, -0.2) is 9.59 Å². The molecule has 1 saturated carbocycles. The Balaban J connectivity index is 1.94. The molecule has 0 aliphatic heterocycles. The molecule has 21 heavy (non-hydrogen) atoms. The van der Waals surface area contributed by atoms with Gasteiger partial charge < -0.3 is 20.5 Å². The number of carboxylic acid groups (broad SMARTS) is 1. The second kappa shape index (κ2) is 6.47. The fourth-order valence-corrected chi connectivity index (χ4v) is 2.25. The van der Waals surface area contributed by atoms with E-state index in [0.29, 0.717) is 5.69 Å². The third kappa shape index (κ3) is 4.37. The quantitative estimate of drug-likeness (QED) is 0.752. The third-order valence-electron chi connectivity index (χ3n) is 3.45. The first-order valence-corrected chi connectivity index (χ1v) is 6.98. The minimum atomic E-state index is -1.07. The molecule has 6 heteroatoms. The van der Waals surface area contributed by atoms with E-state index in [4.69, 9.17) is 9.84 Å². The average Bonchev–Trinajstić information content (AvgIpc) is 3.21. The van der Waals surface area contributed by atoms with Crippen LogP contribution in [0.2, 0.25) is 0 Å². The summed E-state index contributed by atoms with van der Waals surface area (Å²) in [6, 6.07) is 4.27. The van der Waals surface area contributed by atoms with Crippen LogP contribution in [0.4, 0.5) is 10.5 Å². The van der Waals surface area contributed by atoms with Crippen molar-refractivity contribution >= 4 is 17.7 Å². The Bertz CT molecular complexity index is 540. The Morgan fingerprint density at radius 2 is 2.14 bits per heavy atom. The number of carboxylic acids is 1. The number of carbonyl (C=O) groups is 2. The van der Waals surface area contributed by atoms with Crippen molar-refractivity contribution in [3.05, 3.63) is 23.8 Å². The van der Waals surface area contributed by atoms with Crippen LogP contribution in [-0.4, -0.2) is 30.3 Å². The van der Waals surface area contributed by atoms with Crippen LogP contribution in [0.5, 0.6) is 5.75 Å². The largest absolute Gasteiger partial charge is 0.496 e. The number of nitrogens with one attached hydrogen (secondary N) is 2. The Morgan fingerprint density at radius 3 is 2.71 bits per heavy atom. The number of amides is 2. The lowest BCUT2D eigenvalue weighted by atomic mass is 10.1. The van der Waals surface area contributed by atoms with Crippen LogP contribution in [0.15, 0.2) is 18.2 Å². The summed E-state index contributed by atoms with van der Waals surface area (Å²) in [5.74, 6) is -0.109. The number of anilines is 1. The van der Waals surface area contributed by atoms with E-state index in [1.807, 2.05) is 6.92 Å². The van der Waals surface area contributed by atoms with E-state index in [1.54, 1.807) is 0 Å². The van der Waals surface area contributed by atoms with Crippen LogP contribution >= 0.6 is 0 Å². The van der Waals surface area contributed by atoms with Gasteiger partial charge in [-0.2, -0.15) is 0 Å². The summed E-state index contributed by atoms with van der Waals surface area (Å²) in [5, 5.41) is 14.6. The van der Waals surface area contributed by atoms with E-state index in [0.717, 1.165) is 12.3 Å². The van der Waals surface area contributed by atoms with E-state index in [9.17, 15) is 9.59 Å². The lowest BCUT2D eigenvalue weighted by Crippen LogP contribution is -2.36. The first kappa shape index (κ1) is 15.2. The minimum absolute atomic E-state index is 0.0607. The molecule has 2 rings (SSSR count). The molecule has 1 aliphatic rings. The lowest BCUT2D eigenvalue weighted by Gasteiger charge is -2.15. The van der Waals surface area contributed by atoms with Crippen LogP contribution < -0.4 is 15.4 Å². The number of hydrogen-bond donors (Lipinski definition) is 3. The maximum absolute atomic E-state index is 11.9. The Morgan fingerprint density at radius 1 is 1.43 bits per heavy atom. The predicted octanol–water partition coefficient (Wildman–Crippen LogP) is 2.70. The van der Waals surface area contributed by atoms with Crippen molar-refractivity contribution in [1.29, 1.82) is 0 Å². The SMILES string of the molecule is COc1cc(NC(=O)NC(C)CC2CC2)ccc1C(=O)O. The molecule has 1 aromatic rings. The normalized spacial score (nSPS) is 15.1. The highest BCUT2D eigenvalue weighted by molar-refractivity contribution is 5.94. The van der Waals surface area contributed by atoms with Gasteiger partial charge in [-0.1, -0.05) is 12.8 Å². The van der Waals surface area contributed by atoms with Gasteiger partial charge in [-0.05, 0) is 31.4 Å². The van der Waals surface area contributed by atoms with Crippen LogP contribution in [0.1, 0.15) is 36.5 Å². The fraction of sp³-hybridized carbons (Fsp3) is 0.467. The molecule has 2 amide bonds. The molecule has 1 atom stereocenters. The zero-order valence-electron chi connectivity index (χ0n) is 12.2. The molecular formula is C15H20N2O4. The second-order valence-electron chi connectivity index (χ2n) is 5.40. The molecule has 0 spiro atoms. The van der Waals surface area contributed by atoms with Gasteiger partial charge in [-0.3, -0.25) is 0 Å². The number of methoxy groups -OCH3 is 1. The second-order valence-corrected chi connectivity index (χ2v) is 5.40. The third-order valence-corrected chi connectivity index (χ3v) is 3.45. The van der Waals surface area contributed by atoms with Gasteiger partial charge in [0.1, 0.15) is 11.3 Å². The molecule has 1 aromatic carbocycles. The summed E-state index contributed by atoms with van der Waals surface area (Å²) in [5.41, 5.74) is 0.554. The number of hydrogen-bond acceptors (Lipinski definition) is 3. The maximum Gasteiger partial charge on any atom is 0.339 e. The molecule has 114 valence electrons. The monoisotopic (exact) mass is 292 g/mol. The molecule has 0 radical (unpaired) electrons. The summed E-state index contributed by atoms with van der Waals surface area (Å²) in [6.45, 7) is 1.98. The maximum atomic E-state index is 11.9. The molecule has 1 aliphatic carbocycles. The van der Waals surface area contributed by atoms with E-state index in [1.165, 1.54) is 38.2 Å². The Hall–Kier alpha value is -2.24. The summed E-state index contributed by atoms with van der Waals surface area (Å²) in [4.78, 5) is 22.9. The first-order chi connectivity index (χ1) is 9.99. The van der Waals surface area contributed by atoms with Crippen LogP contribution in [-0.2, 0) is 0 Å². The molecule has 1 fully saturated rings. The first-order valence-electron chi connectivity index (χ1n) is 6.98. The zero-order chi connectivity index (χ0) is 15.4. The highest BCUT2D eigenvalue weighted by atomic mass is 16.5. The Kier molecular flexibility index (Phi) is 4.67. The number of benzene rings is 1. The number of carbonyl (C=O) groups excluding carboxylic acids is 1. The van der Waals surface area contributed by atoms with Crippen LogP contribution in [0.3, 0.4) is 0 Å². The highest BCUT2D eigenvalue weighted by Gasteiger charge is 2.24. The minimum Gasteiger partial charge on any atom is -0.496 e. The van der Waals surface area contributed by atoms with Gasteiger partial charge in [0.05, 0.1) is 7.11 Å². The molecule has 6 nitrogen and oxygen atoms in total. The lowest BCUT2D eigenvalue weighted by molar-refractivity contribution is 0.0693. The van der Waals surface area contributed by atoms with Gasteiger partial charge in [0.2, 0.25) is 0 Å². The van der Waals surface area contributed by atoms with E-state index < -0.39 is 5.97 Å². The fourth-order valence-electron chi connectivity index (χ4n) is 2.25. The summed E-state index contributed by atoms with van der Waals surface area (Å²) >= 11 is 0. The van der Waals surface area contributed by atoms with Crippen molar-refractivity contribution in [2.75, 3.05) is 12.4 Å². The molecule has 0 saturated heterocycles. The van der Waals surface area contributed by atoms with Gasteiger partial charge in [0.25, 0.3) is 0 Å². The predicted molar refractivity (Wildman–Crippen MR) is 78.9 cm³/mol. The molecule has 1 unspecified atom stereocenters.